The third-order valence-electron chi connectivity index (χ3n) is 6.81. The largest absolute Gasteiger partial charge is 0.467 e. The molecule has 6 nitrogen and oxygen atoms in total. The SMILES string of the molecule is CCC(CC)(NC(=O)c1cnn2c1NC(c1ccco1)CC2(C)C)c1ccc(C(F)(F)F)cc1. The van der Waals surface area contributed by atoms with Crippen LogP contribution in [0.1, 0.15) is 80.2 Å². The van der Waals surface area contributed by atoms with Gasteiger partial charge in [-0.05, 0) is 62.9 Å². The molecule has 1 amide bonds. The molecule has 0 saturated carbocycles. The Morgan fingerprint density at radius 2 is 1.82 bits per heavy atom. The molecule has 3 heterocycles. The number of nitrogens with zero attached hydrogens (tertiary/aromatic N) is 2. The van der Waals surface area contributed by atoms with Gasteiger partial charge in [0.25, 0.3) is 5.91 Å². The molecule has 1 unspecified atom stereocenters. The van der Waals surface area contributed by atoms with Gasteiger partial charge in [0.1, 0.15) is 17.1 Å². The fraction of sp³-hybridized carbons (Fsp3) is 0.440. The molecule has 2 aromatic heterocycles. The number of hydrogen-bond donors (Lipinski definition) is 2. The Morgan fingerprint density at radius 3 is 2.38 bits per heavy atom. The van der Waals surface area contributed by atoms with Gasteiger partial charge in [-0.15, -0.1) is 0 Å². The van der Waals surface area contributed by atoms with E-state index in [0.717, 1.165) is 24.3 Å². The predicted molar refractivity (Wildman–Crippen MR) is 122 cm³/mol. The molecule has 0 bridgehead atoms. The van der Waals surface area contributed by atoms with Crippen LogP contribution >= 0.6 is 0 Å². The van der Waals surface area contributed by atoms with Crippen LogP contribution in [0.3, 0.4) is 0 Å². The molecule has 1 aliphatic heterocycles. The highest BCUT2D eigenvalue weighted by Gasteiger charge is 2.39. The number of hydrogen-bond acceptors (Lipinski definition) is 4. The molecule has 0 saturated heterocycles. The number of carbonyl (C=O) groups excluding carboxylic acids is 1. The molecule has 0 spiro atoms. The van der Waals surface area contributed by atoms with Gasteiger partial charge in [-0.25, -0.2) is 4.68 Å². The van der Waals surface area contributed by atoms with Gasteiger partial charge < -0.3 is 15.1 Å². The van der Waals surface area contributed by atoms with Crippen molar-refractivity contribution in [3.63, 3.8) is 0 Å². The Morgan fingerprint density at radius 1 is 1.18 bits per heavy atom. The highest BCUT2D eigenvalue weighted by molar-refractivity contribution is 5.99. The van der Waals surface area contributed by atoms with E-state index in [1.54, 1.807) is 10.9 Å². The number of amides is 1. The number of rotatable bonds is 6. The highest BCUT2D eigenvalue weighted by atomic mass is 19.4. The third kappa shape index (κ3) is 4.19. The van der Waals surface area contributed by atoms with E-state index >= 15 is 0 Å². The quantitative estimate of drug-likeness (QED) is 0.444. The summed E-state index contributed by atoms with van der Waals surface area (Å²) in [5.41, 5.74) is -0.897. The summed E-state index contributed by atoms with van der Waals surface area (Å²) in [7, 11) is 0. The van der Waals surface area contributed by atoms with Gasteiger partial charge in [0.2, 0.25) is 0 Å². The number of furan rings is 1. The number of nitrogens with one attached hydrogen (secondary N) is 2. The maximum absolute atomic E-state index is 13.5. The van der Waals surface area contributed by atoms with Crippen LogP contribution in [0.5, 0.6) is 0 Å². The molecule has 1 atom stereocenters. The van der Waals surface area contributed by atoms with E-state index in [1.165, 1.54) is 18.3 Å². The molecule has 4 rings (SSSR count). The molecular weight excluding hydrogens is 445 g/mol. The highest BCUT2D eigenvalue weighted by Crippen LogP contribution is 2.40. The van der Waals surface area contributed by atoms with Crippen molar-refractivity contribution in [2.24, 2.45) is 0 Å². The molecule has 0 fully saturated rings. The van der Waals surface area contributed by atoms with E-state index in [2.05, 4.69) is 15.7 Å². The molecule has 2 N–H and O–H groups in total. The standard InChI is InChI=1S/C25H29F3N4O2/c1-5-24(6-2,16-9-11-17(12-10-16)25(26,27)28)31-22(33)18-15-29-32-21(18)30-19(14-23(32,3)4)20-8-7-13-34-20/h7-13,15,19,30H,5-6,14H2,1-4H3,(H,31,33). The second-order valence-electron chi connectivity index (χ2n) is 9.37. The second kappa shape index (κ2) is 8.52. The van der Waals surface area contributed by atoms with Crippen molar-refractivity contribution in [1.29, 1.82) is 0 Å². The van der Waals surface area contributed by atoms with E-state index in [4.69, 9.17) is 4.42 Å². The summed E-state index contributed by atoms with van der Waals surface area (Å²) >= 11 is 0. The Labute approximate surface area is 196 Å². The minimum atomic E-state index is -4.41. The lowest BCUT2D eigenvalue weighted by atomic mass is 9.84. The fourth-order valence-electron chi connectivity index (χ4n) is 4.75. The minimum Gasteiger partial charge on any atom is -0.467 e. The van der Waals surface area contributed by atoms with E-state index < -0.39 is 17.3 Å². The van der Waals surface area contributed by atoms with Crippen LogP contribution in [0.4, 0.5) is 19.0 Å². The number of benzene rings is 1. The Bertz CT molecular complexity index is 1140. The summed E-state index contributed by atoms with van der Waals surface area (Å²) in [6.45, 7) is 7.91. The Kier molecular flexibility index (Phi) is 5.99. The van der Waals surface area contributed by atoms with Crippen molar-refractivity contribution in [1.82, 2.24) is 15.1 Å². The van der Waals surface area contributed by atoms with Gasteiger partial charge in [-0.1, -0.05) is 26.0 Å². The van der Waals surface area contributed by atoms with Crippen molar-refractivity contribution in [2.45, 2.75) is 70.3 Å². The van der Waals surface area contributed by atoms with Gasteiger partial charge in [0.15, 0.2) is 0 Å². The molecule has 3 aromatic rings. The first-order chi connectivity index (χ1) is 16.0. The van der Waals surface area contributed by atoms with Gasteiger partial charge in [-0.3, -0.25) is 4.79 Å². The predicted octanol–water partition coefficient (Wildman–Crippen LogP) is 6.23. The lowest BCUT2D eigenvalue weighted by Crippen LogP contribution is -2.45. The van der Waals surface area contributed by atoms with Crippen LogP contribution in [0.15, 0.2) is 53.3 Å². The summed E-state index contributed by atoms with van der Waals surface area (Å²) in [5.74, 6) is 1.02. The number of halogens is 3. The van der Waals surface area contributed by atoms with Gasteiger partial charge in [-0.2, -0.15) is 18.3 Å². The molecule has 1 aliphatic rings. The minimum absolute atomic E-state index is 0.127. The van der Waals surface area contributed by atoms with Crippen LogP contribution < -0.4 is 10.6 Å². The zero-order valence-corrected chi connectivity index (χ0v) is 19.7. The molecule has 34 heavy (non-hydrogen) atoms. The lowest BCUT2D eigenvalue weighted by Gasteiger charge is -2.38. The summed E-state index contributed by atoms with van der Waals surface area (Å²) < 4.78 is 46.5. The van der Waals surface area contributed by atoms with Crippen molar-refractivity contribution in [3.05, 3.63) is 71.3 Å². The average Bonchev–Trinajstić information content (AvgIpc) is 3.47. The molecule has 9 heteroatoms. The molecular formula is C25H29F3N4O2. The van der Waals surface area contributed by atoms with Crippen molar-refractivity contribution >= 4 is 11.7 Å². The van der Waals surface area contributed by atoms with Crippen molar-refractivity contribution in [3.8, 4) is 0 Å². The number of anilines is 1. The van der Waals surface area contributed by atoms with Gasteiger partial charge in [0, 0.05) is 0 Å². The zero-order chi connectivity index (χ0) is 24.7. The lowest BCUT2D eigenvalue weighted by molar-refractivity contribution is -0.137. The fourth-order valence-corrected chi connectivity index (χ4v) is 4.75. The molecule has 1 aromatic carbocycles. The van der Waals surface area contributed by atoms with E-state index in [0.29, 0.717) is 29.8 Å². The Balaban J connectivity index is 1.65. The van der Waals surface area contributed by atoms with E-state index in [-0.39, 0.29) is 17.5 Å². The number of aromatic nitrogens is 2. The third-order valence-corrected chi connectivity index (χ3v) is 6.81. The summed E-state index contributed by atoms with van der Waals surface area (Å²) in [6.07, 6.45) is 0.478. The zero-order valence-electron chi connectivity index (χ0n) is 19.7. The second-order valence-corrected chi connectivity index (χ2v) is 9.37. The first-order valence-electron chi connectivity index (χ1n) is 11.4. The summed E-state index contributed by atoms with van der Waals surface area (Å²) in [4.78, 5) is 13.5. The number of alkyl halides is 3. The van der Waals surface area contributed by atoms with Crippen LogP contribution in [-0.2, 0) is 17.3 Å². The first-order valence-corrected chi connectivity index (χ1v) is 11.4. The van der Waals surface area contributed by atoms with E-state index in [1.807, 2.05) is 39.8 Å². The molecule has 0 aliphatic carbocycles. The van der Waals surface area contributed by atoms with Crippen molar-refractivity contribution in [2.75, 3.05) is 5.32 Å². The summed E-state index contributed by atoms with van der Waals surface area (Å²) in [6, 6.07) is 8.59. The molecule has 0 radical (unpaired) electrons. The number of fused-ring (bicyclic) bond motifs is 1. The van der Waals surface area contributed by atoms with Crippen LogP contribution in [0.25, 0.3) is 0 Å². The number of carbonyl (C=O) groups is 1. The van der Waals surface area contributed by atoms with Crippen LogP contribution in [0.2, 0.25) is 0 Å². The normalized spacial score (nSPS) is 17.7. The van der Waals surface area contributed by atoms with Gasteiger partial charge in [0.05, 0.1) is 35.1 Å². The topological polar surface area (TPSA) is 72.1 Å². The Hall–Kier alpha value is -3.23. The van der Waals surface area contributed by atoms with Crippen molar-refractivity contribution < 1.29 is 22.4 Å². The monoisotopic (exact) mass is 474 g/mol. The maximum atomic E-state index is 13.5. The van der Waals surface area contributed by atoms with E-state index in [9.17, 15) is 18.0 Å². The smallest absolute Gasteiger partial charge is 0.416 e. The molecule has 182 valence electrons. The van der Waals surface area contributed by atoms with Crippen LogP contribution in [-0.4, -0.2) is 15.7 Å². The summed E-state index contributed by atoms with van der Waals surface area (Å²) in [5, 5.41) is 11.0. The average molecular weight is 475 g/mol. The maximum Gasteiger partial charge on any atom is 0.416 e. The first kappa shape index (κ1) is 23.9. The van der Waals surface area contributed by atoms with Crippen LogP contribution in [0, 0.1) is 0 Å². The van der Waals surface area contributed by atoms with Gasteiger partial charge >= 0.3 is 6.18 Å².